The number of unbranched alkanes of at least 4 members (excludes halogenated alkanes) is 3. The summed E-state index contributed by atoms with van der Waals surface area (Å²) in [6.07, 6.45) is 6.25. The van der Waals surface area contributed by atoms with Crippen LogP contribution in [0.3, 0.4) is 0 Å². The summed E-state index contributed by atoms with van der Waals surface area (Å²) >= 11 is 1.37. The summed E-state index contributed by atoms with van der Waals surface area (Å²) in [6, 6.07) is 7.64. The zero-order valence-corrected chi connectivity index (χ0v) is 15.0. The van der Waals surface area contributed by atoms with Crippen molar-refractivity contribution in [3.8, 4) is 11.4 Å². The van der Waals surface area contributed by atoms with Crippen molar-refractivity contribution in [1.82, 2.24) is 20.1 Å². The van der Waals surface area contributed by atoms with Crippen LogP contribution in [0.5, 0.6) is 5.75 Å². The van der Waals surface area contributed by atoms with Gasteiger partial charge in [-0.1, -0.05) is 44.0 Å². The molecule has 1 aromatic heterocycles. The Balaban J connectivity index is 1.85. The Morgan fingerprint density at radius 2 is 2.21 bits per heavy atom. The van der Waals surface area contributed by atoms with Gasteiger partial charge in [0.15, 0.2) is 5.16 Å². The van der Waals surface area contributed by atoms with Crippen LogP contribution in [0.1, 0.15) is 32.6 Å². The van der Waals surface area contributed by atoms with E-state index in [4.69, 9.17) is 4.74 Å². The summed E-state index contributed by atoms with van der Waals surface area (Å²) in [5.74, 6) is 1.12. The van der Waals surface area contributed by atoms with Gasteiger partial charge in [-0.3, -0.25) is 9.36 Å². The third-order valence-corrected chi connectivity index (χ3v) is 4.48. The van der Waals surface area contributed by atoms with Gasteiger partial charge in [0.25, 0.3) is 0 Å². The zero-order valence-electron chi connectivity index (χ0n) is 14.2. The van der Waals surface area contributed by atoms with Crippen LogP contribution in [0.15, 0.2) is 35.7 Å². The highest BCUT2D eigenvalue weighted by atomic mass is 32.2. The van der Waals surface area contributed by atoms with E-state index in [1.807, 2.05) is 28.8 Å². The number of hydrogen-bond acceptors (Lipinski definition) is 5. The Labute approximate surface area is 147 Å². The van der Waals surface area contributed by atoms with Crippen molar-refractivity contribution in [2.75, 3.05) is 19.4 Å². The molecule has 0 unspecified atom stereocenters. The number of thioether (sulfide) groups is 1. The SMILES string of the molecule is CCCCCCNC(=O)CSc1nncn1-c1cccc(OC)c1. The molecule has 0 saturated heterocycles. The van der Waals surface area contributed by atoms with E-state index in [0.29, 0.717) is 10.9 Å². The van der Waals surface area contributed by atoms with Crippen LogP contribution in [-0.4, -0.2) is 40.1 Å². The first kappa shape index (κ1) is 18.3. The molecule has 0 aliphatic heterocycles. The second-order valence-corrected chi connectivity index (χ2v) is 6.33. The quantitative estimate of drug-likeness (QED) is 0.528. The minimum Gasteiger partial charge on any atom is -0.497 e. The van der Waals surface area contributed by atoms with Crippen LogP contribution in [-0.2, 0) is 4.79 Å². The monoisotopic (exact) mass is 348 g/mol. The lowest BCUT2D eigenvalue weighted by Crippen LogP contribution is -2.26. The number of carbonyl (C=O) groups is 1. The largest absolute Gasteiger partial charge is 0.497 e. The maximum Gasteiger partial charge on any atom is 0.230 e. The number of nitrogens with zero attached hydrogens (tertiary/aromatic N) is 3. The van der Waals surface area contributed by atoms with Crippen molar-refractivity contribution in [3.63, 3.8) is 0 Å². The van der Waals surface area contributed by atoms with Gasteiger partial charge in [0, 0.05) is 12.6 Å². The van der Waals surface area contributed by atoms with E-state index in [1.54, 1.807) is 13.4 Å². The Bertz CT molecular complexity index is 645. The molecule has 7 heteroatoms. The van der Waals surface area contributed by atoms with Crippen LogP contribution in [0, 0.1) is 0 Å². The fraction of sp³-hybridized carbons (Fsp3) is 0.471. The highest BCUT2D eigenvalue weighted by molar-refractivity contribution is 7.99. The third kappa shape index (κ3) is 5.56. The van der Waals surface area contributed by atoms with Crippen molar-refractivity contribution in [2.24, 2.45) is 0 Å². The number of methoxy groups -OCH3 is 1. The minimum absolute atomic E-state index is 0.0247. The maximum absolute atomic E-state index is 11.9. The molecule has 0 spiro atoms. The minimum atomic E-state index is 0.0247. The molecule has 24 heavy (non-hydrogen) atoms. The molecule has 1 N–H and O–H groups in total. The second-order valence-electron chi connectivity index (χ2n) is 5.38. The van der Waals surface area contributed by atoms with Gasteiger partial charge in [0.05, 0.1) is 18.6 Å². The lowest BCUT2D eigenvalue weighted by atomic mass is 10.2. The highest BCUT2D eigenvalue weighted by Gasteiger charge is 2.10. The standard InChI is InChI=1S/C17H24N4O2S/c1-3-4-5-6-10-18-16(22)12-24-17-20-19-13-21(17)14-8-7-9-15(11-14)23-2/h7-9,11,13H,3-6,10,12H2,1-2H3,(H,18,22). The zero-order chi connectivity index (χ0) is 17.2. The first-order valence-electron chi connectivity index (χ1n) is 8.18. The van der Waals surface area contributed by atoms with Crippen molar-refractivity contribution < 1.29 is 9.53 Å². The molecule has 0 aliphatic rings. The Morgan fingerprint density at radius 3 is 3.00 bits per heavy atom. The number of hydrogen-bond donors (Lipinski definition) is 1. The average Bonchev–Trinajstić information content (AvgIpc) is 3.08. The van der Waals surface area contributed by atoms with Gasteiger partial charge in [-0.2, -0.15) is 0 Å². The Hall–Kier alpha value is -2.02. The molecule has 1 heterocycles. The predicted octanol–water partition coefficient (Wildman–Crippen LogP) is 3.06. The van der Waals surface area contributed by atoms with Gasteiger partial charge >= 0.3 is 0 Å². The van der Waals surface area contributed by atoms with E-state index in [1.165, 1.54) is 24.6 Å². The smallest absolute Gasteiger partial charge is 0.230 e. The van der Waals surface area contributed by atoms with Crippen molar-refractivity contribution in [1.29, 1.82) is 0 Å². The summed E-state index contributed by atoms with van der Waals surface area (Å²) in [4.78, 5) is 11.9. The fourth-order valence-electron chi connectivity index (χ4n) is 2.22. The molecule has 1 amide bonds. The fourth-order valence-corrected chi connectivity index (χ4v) is 2.98. The number of amides is 1. The van der Waals surface area contributed by atoms with E-state index in [9.17, 15) is 4.79 Å². The van der Waals surface area contributed by atoms with Crippen LogP contribution in [0.4, 0.5) is 0 Å². The highest BCUT2D eigenvalue weighted by Crippen LogP contribution is 2.22. The molecule has 0 aliphatic carbocycles. The number of rotatable bonds is 10. The molecule has 2 aromatic rings. The number of ether oxygens (including phenoxy) is 1. The van der Waals surface area contributed by atoms with Gasteiger partial charge in [-0.25, -0.2) is 0 Å². The van der Waals surface area contributed by atoms with Crippen molar-refractivity contribution >= 4 is 17.7 Å². The predicted molar refractivity (Wildman–Crippen MR) is 95.8 cm³/mol. The number of nitrogens with one attached hydrogen (secondary N) is 1. The van der Waals surface area contributed by atoms with Gasteiger partial charge in [-0.15, -0.1) is 10.2 Å². The van der Waals surface area contributed by atoms with E-state index >= 15 is 0 Å². The number of carbonyl (C=O) groups excluding carboxylic acids is 1. The molecule has 0 atom stereocenters. The summed E-state index contributed by atoms with van der Waals surface area (Å²) in [5, 5.41) is 11.7. The molecule has 0 fully saturated rings. The summed E-state index contributed by atoms with van der Waals surface area (Å²) in [6.45, 7) is 2.91. The summed E-state index contributed by atoms with van der Waals surface area (Å²) in [5.41, 5.74) is 0.904. The maximum atomic E-state index is 11.9. The van der Waals surface area contributed by atoms with Gasteiger partial charge < -0.3 is 10.1 Å². The number of aromatic nitrogens is 3. The summed E-state index contributed by atoms with van der Waals surface area (Å²) < 4.78 is 7.09. The van der Waals surface area contributed by atoms with Gasteiger partial charge in [-0.05, 0) is 18.6 Å². The number of benzene rings is 1. The molecule has 0 radical (unpaired) electrons. The molecule has 0 saturated carbocycles. The van der Waals surface area contributed by atoms with Crippen LogP contribution >= 0.6 is 11.8 Å². The van der Waals surface area contributed by atoms with Crippen LogP contribution in [0.2, 0.25) is 0 Å². The van der Waals surface area contributed by atoms with Crippen LogP contribution in [0.25, 0.3) is 5.69 Å². The van der Waals surface area contributed by atoms with Gasteiger partial charge in [0.1, 0.15) is 12.1 Å². The summed E-state index contributed by atoms with van der Waals surface area (Å²) in [7, 11) is 1.63. The molecule has 1 aromatic carbocycles. The molecular weight excluding hydrogens is 324 g/mol. The normalized spacial score (nSPS) is 10.6. The lowest BCUT2D eigenvalue weighted by Gasteiger charge is -2.08. The first-order valence-corrected chi connectivity index (χ1v) is 9.17. The second kappa shape index (κ2) is 9.97. The molecular formula is C17H24N4O2S. The van der Waals surface area contributed by atoms with E-state index in [0.717, 1.165) is 30.8 Å². The third-order valence-electron chi connectivity index (χ3n) is 3.53. The lowest BCUT2D eigenvalue weighted by molar-refractivity contribution is -0.118. The van der Waals surface area contributed by atoms with Gasteiger partial charge in [0.2, 0.25) is 5.91 Å². The molecule has 130 valence electrons. The van der Waals surface area contributed by atoms with E-state index in [-0.39, 0.29) is 5.91 Å². The van der Waals surface area contributed by atoms with Crippen molar-refractivity contribution in [3.05, 3.63) is 30.6 Å². The molecule has 0 bridgehead atoms. The van der Waals surface area contributed by atoms with E-state index < -0.39 is 0 Å². The molecule has 2 rings (SSSR count). The first-order chi connectivity index (χ1) is 11.7. The average molecular weight is 348 g/mol. The van der Waals surface area contributed by atoms with Crippen molar-refractivity contribution in [2.45, 2.75) is 37.8 Å². The molecule has 6 nitrogen and oxygen atoms in total. The van der Waals surface area contributed by atoms with E-state index in [2.05, 4.69) is 22.4 Å². The topological polar surface area (TPSA) is 69.0 Å². The Morgan fingerprint density at radius 1 is 1.33 bits per heavy atom. The Kier molecular flexibility index (Phi) is 7.61. The van der Waals surface area contributed by atoms with Crippen LogP contribution < -0.4 is 10.1 Å².